The zero-order valence-corrected chi connectivity index (χ0v) is 16.2. The molecule has 0 aliphatic heterocycles. The third-order valence-corrected chi connectivity index (χ3v) is 4.46. The summed E-state index contributed by atoms with van der Waals surface area (Å²) in [5.41, 5.74) is 2.47. The molecular formula is C23H34NO+. The van der Waals surface area contributed by atoms with Crippen LogP contribution in [0.1, 0.15) is 49.3 Å². The molecule has 0 aromatic heterocycles. The molecule has 25 heavy (non-hydrogen) atoms. The molecule has 2 heteroatoms. The maximum Gasteiger partial charge on any atom is 0.108 e. The Balaban J connectivity index is 1.74. The molecule has 0 atom stereocenters. The highest BCUT2D eigenvalue weighted by Crippen LogP contribution is 2.26. The van der Waals surface area contributed by atoms with Gasteiger partial charge in [-0.15, -0.1) is 0 Å². The van der Waals surface area contributed by atoms with E-state index >= 15 is 0 Å². The maximum atomic E-state index is 6.27. The van der Waals surface area contributed by atoms with Gasteiger partial charge in [-0.2, -0.15) is 0 Å². The molecule has 0 radical (unpaired) electrons. The maximum absolute atomic E-state index is 6.27. The molecule has 2 rings (SSSR count). The fraction of sp³-hybridized carbons (Fsp3) is 0.478. The summed E-state index contributed by atoms with van der Waals surface area (Å²) < 4.78 is 7.34. The van der Waals surface area contributed by atoms with Crippen LogP contribution in [0.2, 0.25) is 0 Å². The Morgan fingerprint density at radius 3 is 1.68 bits per heavy atom. The molecule has 0 saturated carbocycles. The monoisotopic (exact) mass is 340 g/mol. The highest BCUT2D eigenvalue weighted by molar-refractivity contribution is 5.29. The normalized spacial score (nSPS) is 11.8. The number of unbranched alkanes of at least 4 members (excludes halogenated alkanes) is 4. The van der Waals surface area contributed by atoms with Gasteiger partial charge in [0.05, 0.1) is 27.7 Å². The first-order chi connectivity index (χ1) is 12.1. The van der Waals surface area contributed by atoms with Gasteiger partial charge in [0.1, 0.15) is 6.10 Å². The minimum Gasteiger partial charge on any atom is -0.369 e. The predicted octanol–water partition coefficient (Wildman–Crippen LogP) is 5.45. The molecule has 0 N–H and O–H groups in total. The molecule has 2 aromatic carbocycles. The zero-order valence-electron chi connectivity index (χ0n) is 16.2. The second-order valence-electron chi connectivity index (χ2n) is 7.85. The standard InChI is InChI=1S/C23H34NO/c1-24(2,3)19-13-5-4-6-14-20-25-23(21-15-9-7-10-16-21)22-17-11-8-12-18-22/h7-12,15-18,23H,4-6,13-14,19-20H2,1-3H3/q+1. The van der Waals surface area contributed by atoms with Crippen molar-refractivity contribution in [2.45, 2.75) is 38.2 Å². The molecule has 0 saturated heterocycles. The van der Waals surface area contributed by atoms with E-state index in [0.717, 1.165) is 17.5 Å². The van der Waals surface area contributed by atoms with Crippen LogP contribution in [0.3, 0.4) is 0 Å². The number of hydrogen-bond donors (Lipinski definition) is 0. The molecule has 0 bridgehead atoms. The van der Waals surface area contributed by atoms with Gasteiger partial charge in [0.25, 0.3) is 0 Å². The van der Waals surface area contributed by atoms with Crippen LogP contribution < -0.4 is 0 Å². The number of nitrogens with zero attached hydrogens (tertiary/aromatic N) is 1. The van der Waals surface area contributed by atoms with E-state index < -0.39 is 0 Å². The summed E-state index contributed by atoms with van der Waals surface area (Å²) >= 11 is 0. The minimum absolute atomic E-state index is 0.0422. The van der Waals surface area contributed by atoms with E-state index in [2.05, 4.69) is 81.8 Å². The molecular weight excluding hydrogens is 306 g/mol. The number of quaternary nitrogens is 1. The van der Waals surface area contributed by atoms with E-state index in [4.69, 9.17) is 4.74 Å². The van der Waals surface area contributed by atoms with Crippen molar-refractivity contribution in [3.63, 3.8) is 0 Å². The molecule has 0 amide bonds. The molecule has 0 heterocycles. The van der Waals surface area contributed by atoms with Gasteiger partial charge in [-0.1, -0.05) is 73.5 Å². The fourth-order valence-corrected chi connectivity index (χ4v) is 3.06. The Hall–Kier alpha value is -1.64. The van der Waals surface area contributed by atoms with E-state index in [1.54, 1.807) is 0 Å². The summed E-state index contributed by atoms with van der Waals surface area (Å²) in [6.45, 7) is 2.09. The van der Waals surface area contributed by atoms with Crippen molar-refractivity contribution in [2.75, 3.05) is 34.3 Å². The summed E-state index contributed by atoms with van der Waals surface area (Å²) in [4.78, 5) is 0. The van der Waals surface area contributed by atoms with Crippen LogP contribution in [0.5, 0.6) is 0 Å². The van der Waals surface area contributed by atoms with Gasteiger partial charge >= 0.3 is 0 Å². The highest BCUT2D eigenvalue weighted by atomic mass is 16.5. The number of rotatable bonds is 11. The highest BCUT2D eigenvalue weighted by Gasteiger charge is 2.13. The molecule has 0 unspecified atom stereocenters. The molecule has 0 aliphatic rings. The number of benzene rings is 2. The average Bonchev–Trinajstić information content (AvgIpc) is 2.61. The van der Waals surface area contributed by atoms with Crippen LogP contribution in [-0.2, 0) is 4.74 Å². The van der Waals surface area contributed by atoms with E-state index in [1.165, 1.54) is 43.4 Å². The fourth-order valence-electron chi connectivity index (χ4n) is 3.06. The van der Waals surface area contributed by atoms with Crippen LogP contribution in [0, 0.1) is 0 Å². The average molecular weight is 341 g/mol. The number of ether oxygens (including phenoxy) is 1. The van der Waals surface area contributed by atoms with Crippen LogP contribution in [-0.4, -0.2) is 38.8 Å². The first-order valence-corrected chi connectivity index (χ1v) is 9.58. The smallest absolute Gasteiger partial charge is 0.108 e. The molecule has 2 nitrogen and oxygen atoms in total. The van der Waals surface area contributed by atoms with Crippen LogP contribution in [0.25, 0.3) is 0 Å². The minimum atomic E-state index is 0.0422. The van der Waals surface area contributed by atoms with Crippen molar-refractivity contribution in [2.24, 2.45) is 0 Å². The zero-order chi connectivity index (χ0) is 18.0. The lowest BCUT2D eigenvalue weighted by molar-refractivity contribution is -0.870. The van der Waals surface area contributed by atoms with Crippen molar-refractivity contribution in [1.29, 1.82) is 0 Å². The second-order valence-corrected chi connectivity index (χ2v) is 7.85. The van der Waals surface area contributed by atoms with Crippen molar-refractivity contribution in [3.8, 4) is 0 Å². The molecule has 0 spiro atoms. The Labute approximate surface area is 154 Å². The summed E-state index contributed by atoms with van der Waals surface area (Å²) in [6, 6.07) is 21.1. The van der Waals surface area contributed by atoms with E-state index in [-0.39, 0.29) is 6.10 Å². The lowest BCUT2D eigenvalue weighted by atomic mass is 10.0. The second kappa shape index (κ2) is 10.4. The first kappa shape index (κ1) is 19.7. The largest absolute Gasteiger partial charge is 0.369 e. The van der Waals surface area contributed by atoms with Gasteiger partial charge in [0.15, 0.2) is 0 Å². The number of hydrogen-bond acceptors (Lipinski definition) is 1. The lowest BCUT2D eigenvalue weighted by Gasteiger charge is -2.23. The van der Waals surface area contributed by atoms with Gasteiger partial charge in [-0.25, -0.2) is 0 Å². The first-order valence-electron chi connectivity index (χ1n) is 9.58. The summed E-state index contributed by atoms with van der Waals surface area (Å²) in [5.74, 6) is 0. The van der Waals surface area contributed by atoms with Crippen LogP contribution in [0.15, 0.2) is 60.7 Å². The quantitative estimate of drug-likeness (QED) is 0.390. The molecule has 136 valence electrons. The van der Waals surface area contributed by atoms with Gasteiger partial charge in [-0.3, -0.25) is 0 Å². The predicted molar refractivity (Wildman–Crippen MR) is 107 cm³/mol. The third kappa shape index (κ3) is 7.85. The van der Waals surface area contributed by atoms with Crippen molar-refractivity contribution in [3.05, 3.63) is 71.8 Å². The van der Waals surface area contributed by atoms with E-state index in [9.17, 15) is 0 Å². The van der Waals surface area contributed by atoms with Gasteiger partial charge in [0, 0.05) is 6.61 Å². The van der Waals surface area contributed by atoms with E-state index in [0.29, 0.717) is 0 Å². The van der Waals surface area contributed by atoms with Crippen molar-refractivity contribution in [1.82, 2.24) is 0 Å². The van der Waals surface area contributed by atoms with E-state index in [1.807, 2.05) is 0 Å². The van der Waals surface area contributed by atoms with Crippen LogP contribution in [0.4, 0.5) is 0 Å². The Bertz CT molecular complexity index is 535. The Morgan fingerprint density at radius 2 is 1.16 bits per heavy atom. The summed E-state index contributed by atoms with van der Waals surface area (Å²) in [6.07, 6.45) is 6.40. The molecule has 2 aromatic rings. The van der Waals surface area contributed by atoms with Crippen molar-refractivity contribution < 1.29 is 9.22 Å². The molecule has 0 fully saturated rings. The van der Waals surface area contributed by atoms with Gasteiger partial charge in [0.2, 0.25) is 0 Å². The van der Waals surface area contributed by atoms with Crippen molar-refractivity contribution >= 4 is 0 Å². The molecule has 0 aliphatic carbocycles. The van der Waals surface area contributed by atoms with Gasteiger partial charge in [-0.05, 0) is 30.4 Å². The summed E-state index contributed by atoms with van der Waals surface area (Å²) in [7, 11) is 6.80. The Morgan fingerprint density at radius 1 is 0.680 bits per heavy atom. The SMILES string of the molecule is C[N+](C)(C)CCCCCCCOC(c1ccccc1)c1ccccc1. The lowest BCUT2D eigenvalue weighted by Crippen LogP contribution is -2.35. The third-order valence-electron chi connectivity index (χ3n) is 4.46. The Kier molecular flexibility index (Phi) is 8.17. The topological polar surface area (TPSA) is 9.23 Å². The van der Waals surface area contributed by atoms with Gasteiger partial charge < -0.3 is 9.22 Å². The van der Waals surface area contributed by atoms with Crippen LogP contribution >= 0.6 is 0 Å². The summed E-state index contributed by atoms with van der Waals surface area (Å²) in [5, 5.41) is 0.